The van der Waals surface area contributed by atoms with Gasteiger partial charge in [-0.2, -0.15) is 0 Å². The normalized spacial score (nSPS) is 10.3. The third kappa shape index (κ3) is 2.22. The van der Waals surface area contributed by atoms with Gasteiger partial charge in [0.25, 0.3) is 0 Å². The van der Waals surface area contributed by atoms with Gasteiger partial charge in [0.1, 0.15) is 5.82 Å². The molecular formula is C13H11FO. The van der Waals surface area contributed by atoms with Crippen molar-refractivity contribution in [3.63, 3.8) is 0 Å². The number of aliphatic hydroxyl groups is 1. The predicted molar refractivity (Wildman–Crippen MR) is 57.8 cm³/mol. The van der Waals surface area contributed by atoms with Gasteiger partial charge in [-0.1, -0.05) is 30.3 Å². The van der Waals surface area contributed by atoms with Gasteiger partial charge in [0.05, 0.1) is 6.61 Å². The van der Waals surface area contributed by atoms with Crippen molar-refractivity contribution in [2.45, 2.75) is 6.61 Å². The number of hydrogen-bond donors (Lipinski definition) is 1. The Bertz CT molecular complexity index is 466. The highest BCUT2D eigenvalue weighted by atomic mass is 19.1. The predicted octanol–water partition coefficient (Wildman–Crippen LogP) is 2.99. The number of aliphatic hydroxyl groups excluding tert-OH is 1. The summed E-state index contributed by atoms with van der Waals surface area (Å²) in [5.74, 6) is -0.248. The summed E-state index contributed by atoms with van der Waals surface area (Å²) in [5, 5.41) is 8.99. The molecule has 0 aliphatic heterocycles. The molecular weight excluding hydrogens is 191 g/mol. The van der Waals surface area contributed by atoms with Crippen LogP contribution in [0, 0.1) is 5.82 Å². The smallest absolute Gasteiger partial charge is 0.123 e. The molecule has 0 heterocycles. The Hall–Kier alpha value is -1.67. The minimum Gasteiger partial charge on any atom is -0.392 e. The van der Waals surface area contributed by atoms with Crippen LogP contribution >= 0.6 is 0 Å². The van der Waals surface area contributed by atoms with Gasteiger partial charge in [-0.3, -0.25) is 0 Å². The van der Waals surface area contributed by atoms with E-state index < -0.39 is 0 Å². The Balaban J connectivity index is 2.44. The Morgan fingerprint density at radius 2 is 1.60 bits per heavy atom. The Labute approximate surface area is 87.8 Å². The molecule has 0 spiro atoms. The Morgan fingerprint density at radius 1 is 0.933 bits per heavy atom. The molecule has 0 unspecified atom stereocenters. The number of halogens is 1. The highest BCUT2D eigenvalue weighted by Crippen LogP contribution is 2.21. The van der Waals surface area contributed by atoms with Crippen LogP contribution in [-0.4, -0.2) is 5.11 Å². The molecule has 0 bridgehead atoms. The fraction of sp³-hybridized carbons (Fsp3) is 0.0769. The summed E-state index contributed by atoms with van der Waals surface area (Å²) in [7, 11) is 0. The van der Waals surface area contributed by atoms with Crippen LogP contribution in [-0.2, 0) is 6.61 Å². The first-order valence-corrected chi connectivity index (χ1v) is 4.75. The third-order valence-electron chi connectivity index (χ3n) is 2.27. The molecule has 2 heteroatoms. The van der Waals surface area contributed by atoms with Gasteiger partial charge >= 0.3 is 0 Å². The first-order chi connectivity index (χ1) is 7.29. The van der Waals surface area contributed by atoms with Crippen molar-refractivity contribution in [3.8, 4) is 11.1 Å². The maximum Gasteiger partial charge on any atom is 0.123 e. The molecule has 2 aromatic carbocycles. The van der Waals surface area contributed by atoms with E-state index in [-0.39, 0.29) is 12.4 Å². The molecule has 2 aromatic rings. The summed E-state index contributed by atoms with van der Waals surface area (Å²) in [5.41, 5.74) is 2.57. The van der Waals surface area contributed by atoms with Crippen LogP contribution in [0.3, 0.4) is 0 Å². The van der Waals surface area contributed by atoms with Crippen molar-refractivity contribution < 1.29 is 9.50 Å². The van der Waals surface area contributed by atoms with E-state index in [9.17, 15) is 4.39 Å². The molecule has 1 nitrogen and oxygen atoms in total. The van der Waals surface area contributed by atoms with Crippen LogP contribution in [0.1, 0.15) is 5.56 Å². The third-order valence-corrected chi connectivity index (χ3v) is 2.27. The van der Waals surface area contributed by atoms with E-state index in [4.69, 9.17) is 5.11 Å². The largest absolute Gasteiger partial charge is 0.392 e. The number of rotatable bonds is 2. The molecule has 0 amide bonds. The lowest BCUT2D eigenvalue weighted by Crippen LogP contribution is -1.85. The molecule has 2 rings (SSSR count). The quantitative estimate of drug-likeness (QED) is 0.793. The van der Waals surface area contributed by atoms with Crippen LogP contribution in [0.25, 0.3) is 11.1 Å². The van der Waals surface area contributed by atoms with Gasteiger partial charge in [0, 0.05) is 0 Å². The van der Waals surface area contributed by atoms with Crippen LogP contribution < -0.4 is 0 Å². The summed E-state index contributed by atoms with van der Waals surface area (Å²) in [6, 6.07) is 13.9. The maximum absolute atomic E-state index is 13.0. The van der Waals surface area contributed by atoms with Gasteiger partial charge < -0.3 is 5.11 Å². The van der Waals surface area contributed by atoms with Crippen molar-refractivity contribution in [1.82, 2.24) is 0 Å². The van der Waals surface area contributed by atoms with E-state index in [2.05, 4.69) is 0 Å². The minimum absolute atomic E-state index is 0.00313. The standard InChI is InChI=1S/C13H11FO/c14-13-6-2-5-12(8-13)11-4-1-3-10(7-11)9-15/h1-8,15H,9H2. The average Bonchev–Trinajstić information content (AvgIpc) is 2.29. The van der Waals surface area contributed by atoms with E-state index in [1.54, 1.807) is 6.07 Å². The molecule has 0 saturated carbocycles. The first kappa shape index (κ1) is 9.87. The van der Waals surface area contributed by atoms with E-state index in [1.807, 2.05) is 30.3 Å². The Kier molecular flexibility index (Phi) is 2.79. The highest BCUT2D eigenvalue weighted by Gasteiger charge is 1.99. The second kappa shape index (κ2) is 4.24. The van der Waals surface area contributed by atoms with Crippen molar-refractivity contribution in [2.24, 2.45) is 0 Å². The second-order valence-corrected chi connectivity index (χ2v) is 3.37. The van der Waals surface area contributed by atoms with Crippen molar-refractivity contribution in [2.75, 3.05) is 0 Å². The Morgan fingerprint density at radius 3 is 2.27 bits per heavy atom. The molecule has 76 valence electrons. The zero-order chi connectivity index (χ0) is 10.7. The van der Waals surface area contributed by atoms with Gasteiger partial charge in [-0.25, -0.2) is 4.39 Å². The van der Waals surface area contributed by atoms with Crippen molar-refractivity contribution in [1.29, 1.82) is 0 Å². The minimum atomic E-state index is -0.248. The van der Waals surface area contributed by atoms with E-state index in [0.29, 0.717) is 0 Å². The summed E-state index contributed by atoms with van der Waals surface area (Å²) in [6.07, 6.45) is 0. The fourth-order valence-electron chi connectivity index (χ4n) is 1.52. The van der Waals surface area contributed by atoms with Crippen LogP contribution in [0.4, 0.5) is 4.39 Å². The molecule has 0 fully saturated rings. The second-order valence-electron chi connectivity index (χ2n) is 3.37. The highest BCUT2D eigenvalue weighted by molar-refractivity contribution is 5.64. The molecule has 0 saturated heterocycles. The van der Waals surface area contributed by atoms with E-state index in [0.717, 1.165) is 16.7 Å². The van der Waals surface area contributed by atoms with Gasteiger partial charge in [0.2, 0.25) is 0 Å². The van der Waals surface area contributed by atoms with Gasteiger partial charge in [-0.15, -0.1) is 0 Å². The van der Waals surface area contributed by atoms with Crippen molar-refractivity contribution in [3.05, 3.63) is 59.9 Å². The van der Waals surface area contributed by atoms with E-state index >= 15 is 0 Å². The lowest BCUT2D eigenvalue weighted by molar-refractivity contribution is 0.282. The lowest BCUT2D eigenvalue weighted by atomic mass is 10.0. The molecule has 15 heavy (non-hydrogen) atoms. The SMILES string of the molecule is OCc1cccc(-c2cccc(F)c2)c1. The maximum atomic E-state index is 13.0. The number of benzene rings is 2. The van der Waals surface area contributed by atoms with Crippen LogP contribution in [0.5, 0.6) is 0 Å². The van der Waals surface area contributed by atoms with Gasteiger partial charge in [-0.05, 0) is 34.9 Å². The van der Waals surface area contributed by atoms with E-state index in [1.165, 1.54) is 12.1 Å². The topological polar surface area (TPSA) is 20.2 Å². The average molecular weight is 202 g/mol. The molecule has 0 aliphatic carbocycles. The zero-order valence-corrected chi connectivity index (χ0v) is 8.15. The van der Waals surface area contributed by atoms with Crippen molar-refractivity contribution >= 4 is 0 Å². The van der Waals surface area contributed by atoms with Crippen LogP contribution in [0.2, 0.25) is 0 Å². The monoisotopic (exact) mass is 202 g/mol. The molecule has 1 N–H and O–H groups in total. The molecule has 0 atom stereocenters. The molecule has 0 aliphatic rings. The summed E-state index contributed by atoms with van der Waals surface area (Å²) < 4.78 is 13.0. The number of hydrogen-bond acceptors (Lipinski definition) is 1. The lowest BCUT2D eigenvalue weighted by Gasteiger charge is -2.03. The summed E-state index contributed by atoms with van der Waals surface area (Å²) in [6.45, 7) is 0.00313. The molecule has 0 radical (unpaired) electrons. The zero-order valence-electron chi connectivity index (χ0n) is 8.15. The summed E-state index contributed by atoms with van der Waals surface area (Å²) >= 11 is 0. The fourth-order valence-corrected chi connectivity index (χ4v) is 1.52. The molecule has 0 aromatic heterocycles. The van der Waals surface area contributed by atoms with Gasteiger partial charge in [0.15, 0.2) is 0 Å². The summed E-state index contributed by atoms with van der Waals surface area (Å²) in [4.78, 5) is 0. The van der Waals surface area contributed by atoms with Crippen LogP contribution in [0.15, 0.2) is 48.5 Å². The first-order valence-electron chi connectivity index (χ1n) is 4.75.